The maximum Gasteiger partial charge on any atom is 0.0957 e. The zero-order valence-electron chi connectivity index (χ0n) is 4.89. The molecule has 0 aliphatic rings. The molecule has 0 aromatic carbocycles. The fraction of sp³-hybridized carbons (Fsp3) is 1.00. The van der Waals surface area contributed by atoms with Crippen LogP contribution in [-0.2, 0) is 0 Å². The van der Waals surface area contributed by atoms with Crippen molar-refractivity contribution in [2.75, 3.05) is 6.16 Å². The Morgan fingerprint density at radius 1 is 0.818 bits per heavy atom. The normalized spacial score (nSPS) is 12.5. The summed E-state index contributed by atoms with van der Waals surface area (Å²) in [5.41, 5.74) is 0. The number of rotatable bonds is 4. The van der Waals surface area contributed by atoms with Crippen LogP contribution in [0.2, 0.25) is 0 Å². The van der Waals surface area contributed by atoms with Gasteiger partial charge in [-0.3, -0.25) is 0 Å². The molecule has 11 heavy (non-hydrogen) atoms. The van der Waals surface area contributed by atoms with Crippen LogP contribution in [0.25, 0.3) is 0 Å². The quantitative estimate of drug-likeness (QED) is 0.504. The minimum absolute atomic E-state index is 0.132. The number of hydrogen-bond donors (Lipinski definition) is 0. The third-order valence-electron chi connectivity index (χ3n) is 0.752. The number of hydrogen-bond acceptors (Lipinski definition) is 0. The molecule has 0 heterocycles. The maximum absolute atomic E-state index is 5.65. The van der Waals surface area contributed by atoms with E-state index < -0.39 is 19.9 Å². The maximum atomic E-state index is 5.65. The topological polar surface area (TPSA) is 0 Å². The minimum atomic E-state index is -1.18. The van der Waals surface area contributed by atoms with E-state index >= 15 is 0 Å². The Labute approximate surface area is 98.2 Å². The van der Waals surface area contributed by atoms with Crippen LogP contribution in [0.5, 0.6) is 0 Å². The molecule has 0 aromatic heterocycles. The molecule has 0 saturated heterocycles. The second kappa shape index (κ2) is 7.34. The molecule has 0 aliphatic heterocycles. The van der Waals surface area contributed by atoms with Crippen molar-refractivity contribution < 1.29 is 0 Å². The van der Waals surface area contributed by atoms with Gasteiger partial charge in [0.05, 0.1) is 25.3 Å². The molecule has 0 spiro atoms. The van der Waals surface area contributed by atoms with Gasteiger partial charge < -0.3 is 0 Å². The molecule has 0 aromatic rings. The molecule has 0 nitrogen and oxygen atoms in total. The molecule has 0 amide bonds. The molecule has 0 N–H and O–H groups in total. The van der Waals surface area contributed by atoms with Crippen molar-refractivity contribution in [3.8, 4) is 0 Å². The SMILES string of the molecule is ClP(Cl)CC(P(Cl)Cl)P(Cl)Cl. The predicted molar refractivity (Wildman–Crippen MR) is 64.5 cm³/mol. The van der Waals surface area contributed by atoms with E-state index in [2.05, 4.69) is 0 Å². The van der Waals surface area contributed by atoms with Crippen molar-refractivity contribution >= 4 is 87.3 Å². The summed E-state index contributed by atoms with van der Waals surface area (Å²) in [7, 11) is 0. The van der Waals surface area contributed by atoms with Gasteiger partial charge in [-0.1, -0.05) is 67.4 Å². The standard InChI is InChI=1S/C2H3Cl6P3/c3-9(4)1-2(10(5)6)11(7)8/h2H,1H2. The van der Waals surface area contributed by atoms with Gasteiger partial charge in [0.2, 0.25) is 0 Å². The van der Waals surface area contributed by atoms with E-state index in [0.717, 1.165) is 0 Å². The molecule has 0 radical (unpaired) electrons. The third kappa shape index (κ3) is 7.02. The molecule has 0 bridgehead atoms. The first kappa shape index (κ1) is 14.0. The van der Waals surface area contributed by atoms with E-state index in [-0.39, 0.29) is 5.40 Å². The van der Waals surface area contributed by atoms with Crippen LogP contribution in [0, 0.1) is 0 Å². The first-order valence-corrected chi connectivity index (χ1v) is 12.0. The molecule has 0 atom stereocenters. The van der Waals surface area contributed by atoms with Gasteiger partial charge in [-0.25, -0.2) is 0 Å². The van der Waals surface area contributed by atoms with Crippen molar-refractivity contribution in [2.24, 2.45) is 0 Å². The van der Waals surface area contributed by atoms with Crippen LogP contribution in [0.3, 0.4) is 0 Å². The minimum Gasteiger partial charge on any atom is -0.0781 e. The third-order valence-corrected chi connectivity index (χ3v) is 9.91. The smallest absolute Gasteiger partial charge is 0.0781 e. The lowest BCUT2D eigenvalue weighted by Crippen LogP contribution is -1.96. The summed E-state index contributed by atoms with van der Waals surface area (Å²) in [6, 6.07) is 0. The lowest BCUT2D eigenvalue weighted by molar-refractivity contribution is 1.44. The highest BCUT2D eigenvalue weighted by Gasteiger charge is 2.27. The Balaban J connectivity index is 3.90. The summed E-state index contributed by atoms with van der Waals surface area (Å²) in [4.78, 5) is 0. The first-order chi connectivity index (χ1) is 4.95. The first-order valence-electron chi connectivity index (χ1n) is 2.26. The van der Waals surface area contributed by atoms with E-state index in [1.54, 1.807) is 0 Å². The Morgan fingerprint density at radius 3 is 1.27 bits per heavy atom. The Bertz CT molecular complexity index is 98.0. The molecule has 0 rings (SSSR count). The summed E-state index contributed by atoms with van der Waals surface area (Å²) < 4.78 is 0. The van der Waals surface area contributed by atoms with Crippen molar-refractivity contribution in [2.45, 2.75) is 5.40 Å². The largest absolute Gasteiger partial charge is 0.0957 e. The van der Waals surface area contributed by atoms with Gasteiger partial charge in [0.15, 0.2) is 0 Å². The fourth-order valence-electron chi connectivity index (χ4n) is 0.313. The zero-order valence-corrected chi connectivity index (χ0v) is 12.1. The van der Waals surface area contributed by atoms with Crippen LogP contribution in [0.15, 0.2) is 0 Å². The monoisotopic (exact) mass is 330 g/mol. The summed E-state index contributed by atoms with van der Waals surface area (Å²) in [6.45, 7) is -3.42. The summed E-state index contributed by atoms with van der Waals surface area (Å²) >= 11 is 33.8. The molecule has 0 fully saturated rings. The molecule has 9 heteroatoms. The van der Waals surface area contributed by atoms with Gasteiger partial charge in [0.25, 0.3) is 0 Å². The van der Waals surface area contributed by atoms with Crippen molar-refractivity contribution in [1.29, 1.82) is 0 Å². The molecule has 68 valence electrons. The highest BCUT2D eigenvalue weighted by molar-refractivity contribution is 8.18. The van der Waals surface area contributed by atoms with Gasteiger partial charge in [-0.15, -0.1) is 0 Å². The van der Waals surface area contributed by atoms with Gasteiger partial charge in [-0.05, 0) is 0 Å². The fourth-order valence-corrected chi connectivity index (χ4v) is 12.0. The van der Waals surface area contributed by atoms with E-state index in [1.165, 1.54) is 0 Å². The zero-order chi connectivity index (χ0) is 9.02. The molecular weight excluding hydrogens is 330 g/mol. The van der Waals surface area contributed by atoms with Crippen molar-refractivity contribution in [1.82, 2.24) is 0 Å². The van der Waals surface area contributed by atoms with E-state index in [9.17, 15) is 0 Å². The van der Waals surface area contributed by atoms with Gasteiger partial charge in [0.1, 0.15) is 0 Å². The molecule has 0 unspecified atom stereocenters. The molecule has 0 saturated carbocycles. The highest BCUT2D eigenvalue weighted by atomic mass is 35.9. The van der Waals surface area contributed by atoms with Crippen LogP contribution in [-0.4, -0.2) is 11.6 Å². The van der Waals surface area contributed by atoms with Crippen LogP contribution < -0.4 is 0 Å². The van der Waals surface area contributed by atoms with Crippen molar-refractivity contribution in [3.63, 3.8) is 0 Å². The lowest BCUT2D eigenvalue weighted by atomic mass is 10.9. The summed E-state index contributed by atoms with van der Waals surface area (Å²) in [5, 5.41) is -0.132. The van der Waals surface area contributed by atoms with Crippen LogP contribution in [0.1, 0.15) is 0 Å². The van der Waals surface area contributed by atoms with Gasteiger partial charge in [0, 0.05) is 6.16 Å². The average Bonchev–Trinajstić information content (AvgIpc) is 1.81. The molecule has 0 aliphatic carbocycles. The molecular formula is C2H3Cl6P3. The highest BCUT2D eigenvalue weighted by Crippen LogP contribution is 2.71. The van der Waals surface area contributed by atoms with Crippen LogP contribution in [0.4, 0.5) is 0 Å². The Kier molecular flexibility index (Phi) is 9.36. The van der Waals surface area contributed by atoms with E-state index in [0.29, 0.717) is 6.16 Å². The van der Waals surface area contributed by atoms with Gasteiger partial charge >= 0.3 is 0 Å². The van der Waals surface area contributed by atoms with Crippen LogP contribution >= 0.6 is 87.3 Å². The second-order valence-corrected chi connectivity index (χ2v) is 13.5. The number of halogens is 6. The Hall–Kier alpha value is 3.03. The van der Waals surface area contributed by atoms with E-state index in [4.69, 9.17) is 67.4 Å². The lowest BCUT2D eigenvalue weighted by Gasteiger charge is -2.17. The summed E-state index contributed by atoms with van der Waals surface area (Å²) in [5.74, 6) is 0. The summed E-state index contributed by atoms with van der Waals surface area (Å²) in [6.07, 6.45) is 0.510. The Morgan fingerprint density at radius 2 is 1.18 bits per heavy atom. The average molecular weight is 333 g/mol. The van der Waals surface area contributed by atoms with Crippen molar-refractivity contribution in [3.05, 3.63) is 0 Å². The van der Waals surface area contributed by atoms with E-state index in [1.807, 2.05) is 0 Å². The second-order valence-electron chi connectivity index (χ2n) is 1.48. The predicted octanol–water partition coefficient (Wildman–Crippen LogP) is 6.68. The van der Waals surface area contributed by atoms with Gasteiger partial charge in [-0.2, -0.15) is 0 Å².